The number of nitrogens with zero attached hydrogens (tertiary/aromatic N) is 1. The fourth-order valence-corrected chi connectivity index (χ4v) is 2.15. The summed E-state index contributed by atoms with van der Waals surface area (Å²) in [5, 5.41) is 14.2. The standard InChI is InChI=1S/C12H23N3O3/c1-8(2)10(11(16)17)14-12(18)13-7-9-5-4-6-15(9)3/h8-10H,4-7H2,1-3H3,(H,16,17)(H2,13,14,18). The van der Waals surface area contributed by atoms with Gasteiger partial charge in [-0.25, -0.2) is 9.59 Å². The third kappa shape index (κ3) is 4.18. The summed E-state index contributed by atoms with van der Waals surface area (Å²) >= 11 is 0. The number of carboxylic acid groups (broad SMARTS) is 1. The molecule has 18 heavy (non-hydrogen) atoms. The van der Waals surface area contributed by atoms with E-state index in [9.17, 15) is 9.59 Å². The first kappa shape index (κ1) is 14.8. The zero-order valence-electron chi connectivity index (χ0n) is 11.3. The van der Waals surface area contributed by atoms with Gasteiger partial charge in [-0.2, -0.15) is 0 Å². The van der Waals surface area contributed by atoms with Crippen molar-refractivity contribution in [3.05, 3.63) is 0 Å². The van der Waals surface area contributed by atoms with E-state index in [2.05, 4.69) is 15.5 Å². The Morgan fingerprint density at radius 1 is 1.44 bits per heavy atom. The molecule has 0 aromatic heterocycles. The third-order valence-electron chi connectivity index (χ3n) is 3.39. The van der Waals surface area contributed by atoms with Crippen LogP contribution in [0.4, 0.5) is 4.79 Å². The van der Waals surface area contributed by atoms with Crippen LogP contribution < -0.4 is 10.6 Å². The number of amides is 2. The van der Waals surface area contributed by atoms with Gasteiger partial charge in [0.2, 0.25) is 0 Å². The van der Waals surface area contributed by atoms with Crippen molar-refractivity contribution in [2.24, 2.45) is 5.92 Å². The molecule has 0 bridgehead atoms. The Morgan fingerprint density at radius 2 is 2.11 bits per heavy atom. The van der Waals surface area contributed by atoms with Crippen LogP contribution in [0.1, 0.15) is 26.7 Å². The molecular formula is C12H23N3O3. The zero-order chi connectivity index (χ0) is 13.7. The molecule has 6 nitrogen and oxygen atoms in total. The third-order valence-corrected chi connectivity index (χ3v) is 3.39. The number of carbonyl (C=O) groups is 2. The normalized spacial score (nSPS) is 21.9. The second-order valence-electron chi connectivity index (χ2n) is 5.19. The lowest BCUT2D eigenvalue weighted by atomic mass is 10.1. The second kappa shape index (κ2) is 6.58. The van der Waals surface area contributed by atoms with E-state index in [-0.39, 0.29) is 5.92 Å². The molecule has 2 unspecified atom stereocenters. The summed E-state index contributed by atoms with van der Waals surface area (Å²) in [7, 11) is 2.03. The van der Waals surface area contributed by atoms with Gasteiger partial charge in [0, 0.05) is 12.6 Å². The highest BCUT2D eigenvalue weighted by molar-refractivity contribution is 5.82. The number of likely N-dealkylation sites (tertiary alicyclic amines) is 1. The van der Waals surface area contributed by atoms with E-state index in [1.54, 1.807) is 13.8 Å². The van der Waals surface area contributed by atoms with E-state index in [0.29, 0.717) is 12.6 Å². The largest absolute Gasteiger partial charge is 0.480 e. The van der Waals surface area contributed by atoms with Crippen LogP contribution in [0.2, 0.25) is 0 Å². The molecule has 0 saturated carbocycles. The molecule has 0 spiro atoms. The van der Waals surface area contributed by atoms with Crippen LogP contribution in [-0.2, 0) is 4.79 Å². The van der Waals surface area contributed by atoms with E-state index >= 15 is 0 Å². The van der Waals surface area contributed by atoms with Crippen molar-refractivity contribution in [1.29, 1.82) is 0 Å². The van der Waals surface area contributed by atoms with Crippen LogP contribution in [0.3, 0.4) is 0 Å². The molecule has 1 fully saturated rings. The van der Waals surface area contributed by atoms with Gasteiger partial charge < -0.3 is 20.6 Å². The fraction of sp³-hybridized carbons (Fsp3) is 0.833. The number of hydrogen-bond acceptors (Lipinski definition) is 3. The summed E-state index contributed by atoms with van der Waals surface area (Å²) in [6.07, 6.45) is 2.22. The van der Waals surface area contributed by atoms with Gasteiger partial charge in [-0.05, 0) is 32.4 Å². The minimum atomic E-state index is -1.00. The van der Waals surface area contributed by atoms with Crippen molar-refractivity contribution in [2.45, 2.75) is 38.8 Å². The molecule has 1 heterocycles. The van der Waals surface area contributed by atoms with Crippen LogP contribution in [0.5, 0.6) is 0 Å². The molecule has 0 radical (unpaired) electrons. The molecule has 1 aliphatic rings. The van der Waals surface area contributed by atoms with Crippen molar-refractivity contribution < 1.29 is 14.7 Å². The highest BCUT2D eigenvalue weighted by Gasteiger charge is 2.25. The first-order chi connectivity index (χ1) is 8.41. The van der Waals surface area contributed by atoms with Crippen molar-refractivity contribution >= 4 is 12.0 Å². The molecule has 2 amide bonds. The van der Waals surface area contributed by atoms with Crippen LogP contribution in [0.15, 0.2) is 0 Å². The molecule has 0 aromatic carbocycles. The molecule has 0 aromatic rings. The van der Waals surface area contributed by atoms with Crippen molar-refractivity contribution in [3.8, 4) is 0 Å². The molecule has 1 aliphatic heterocycles. The van der Waals surface area contributed by atoms with Gasteiger partial charge in [-0.3, -0.25) is 0 Å². The monoisotopic (exact) mass is 257 g/mol. The van der Waals surface area contributed by atoms with Gasteiger partial charge in [-0.1, -0.05) is 13.8 Å². The summed E-state index contributed by atoms with van der Waals surface area (Å²) in [5.41, 5.74) is 0. The molecular weight excluding hydrogens is 234 g/mol. The molecule has 3 N–H and O–H groups in total. The van der Waals surface area contributed by atoms with Gasteiger partial charge >= 0.3 is 12.0 Å². The average molecular weight is 257 g/mol. The predicted octanol–water partition coefficient (Wildman–Crippen LogP) is 0.489. The van der Waals surface area contributed by atoms with Gasteiger partial charge in [0.1, 0.15) is 6.04 Å². The number of nitrogens with one attached hydrogen (secondary N) is 2. The van der Waals surface area contributed by atoms with Crippen molar-refractivity contribution in [2.75, 3.05) is 20.1 Å². The van der Waals surface area contributed by atoms with Crippen LogP contribution in [-0.4, -0.2) is 54.2 Å². The maximum absolute atomic E-state index is 11.6. The highest BCUT2D eigenvalue weighted by Crippen LogP contribution is 2.13. The highest BCUT2D eigenvalue weighted by atomic mass is 16.4. The van der Waals surface area contributed by atoms with Crippen LogP contribution in [0.25, 0.3) is 0 Å². The summed E-state index contributed by atoms with van der Waals surface area (Å²) < 4.78 is 0. The number of likely N-dealkylation sites (N-methyl/N-ethyl adjacent to an activating group) is 1. The Balaban J connectivity index is 2.34. The number of carboxylic acids is 1. The topological polar surface area (TPSA) is 81.7 Å². The first-order valence-electron chi connectivity index (χ1n) is 6.39. The lowest BCUT2D eigenvalue weighted by Gasteiger charge is -2.22. The summed E-state index contributed by atoms with van der Waals surface area (Å²) in [4.78, 5) is 24.8. The molecule has 6 heteroatoms. The zero-order valence-corrected chi connectivity index (χ0v) is 11.3. The Bertz CT molecular complexity index is 307. The quantitative estimate of drug-likeness (QED) is 0.669. The molecule has 1 saturated heterocycles. The fourth-order valence-electron chi connectivity index (χ4n) is 2.15. The summed E-state index contributed by atoms with van der Waals surface area (Å²) in [5.74, 6) is -1.14. The van der Waals surface area contributed by atoms with Crippen molar-refractivity contribution in [1.82, 2.24) is 15.5 Å². The number of hydrogen-bond donors (Lipinski definition) is 3. The van der Waals surface area contributed by atoms with Crippen LogP contribution in [0, 0.1) is 5.92 Å². The van der Waals surface area contributed by atoms with E-state index in [1.165, 1.54) is 0 Å². The number of carbonyl (C=O) groups excluding carboxylic acids is 1. The van der Waals surface area contributed by atoms with E-state index in [4.69, 9.17) is 5.11 Å². The Hall–Kier alpha value is -1.30. The van der Waals surface area contributed by atoms with Gasteiger partial charge in [0.25, 0.3) is 0 Å². The van der Waals surface area contributed by atoms with Gasteiger partial charge in [0.05, 0.1) is 0 Å². The lowest BCUT2D eigenvalue weighted by molar-refractivity contribution is -0.140. The second-order valence-corrected chi connectivity index (χ2v) is 5.19. The molecule has 104 valence electrons. The summed E-state index contributed by atoms with van der Waals surface area (Å²) in [6.45, 7) is 5.15. The first-order valence-corrected chi connectivity index (χ1v) is 6.39. The Kier molecular flexibility index (Phi) is 5.40. The number of rotatable bonds is 5. The Labute approximate surface area is 108 Å². The van der Waals surface area contributed by atoms with Gasteiger partial charge in [0.15, 0.2) is 0 Å². The molecule has 2 atom stereocenters. The summed E-state index contributed by atoms with van der Waals surface area (Å²) in [6, 6.07) is -0.888. The predicted molar refractivity (Wildman–Crippen MR) is 68.4 cm³/mol. The lowest BCUT2D eigenvalue weighted by Crippen LogP contribution is -2.50. The molecule has 0 aliphatic carbocycles. The van der Waals surface area contributed by atoms with E-state index in [0.717, 1.165) is 19.4 Å². The SMILES string of the molecule is CC(C)C(NC(=O)NCC1CCCN1C)C(=O)O. The average Bonchev–Trinajstić information content (AvgIpc) is 2.68. The maximum atomic E-state index is 11.6. The minimum Gasteiger partial charge on any atom is -0.480 e. The number of urea groups is 1. The maximum Gasteiger partial charge on any atom is 0.326 e. The number of aliphatic carboxylic acids is 1. The van der Waals surface area contributed by atoms with E-state index in [1.807, 2.05) is 7.05 Å². The van der Waals surface area contributed by atoms with Crippen molar-refractivity contribution in [3.63, 3.8) is 0 Å². The molecule has 1 rings (SSSR count). The van der Waals surface area contributed by atoms with Crippen LogP contribution >= 0.6 is 0 Å². The van der Waals surface area contributed by atoms with E-state index < -0.39 is 18.0 Å². The smallest absolute Gasteiger partial charge is 0.326 e. The van der Waals surface area contributed by atoms with Gasteiger partial charge in [-0.15, -0.1) is 0 Å². The Morgan fingerprint density at radius 3 is 2.56 bits per heavy atom. The minimum absolute atomic E-state index is 0.137.